The number of fused-ring (bicyclic) bond motifs is 1. The Hall–Kier alpha value is -3.09. The topological polar surface area (TPSA) is 80.6 Å². The van der Waals surface area contributed by atoms with E-state index in [4.69, 9.17) is 26.8 Å². The Morgan fingerprint density at radius 3 is 2.21 bits per heavy atom. The Kier molecular flexibility index (Phi) is 5.14. The van der Waals surface area contributed by atoms with Gasteiger partial charge in [-0.2, -0.15) is 0 Å². The van der Waals surface area contributed by atoms with Crippen LogP contribution in [-0.2, 0) is 6.54 Å². The summed E-state index contributed by atoms with van der Waals surface area (Å²) in [6.45, 7) is 0.687. The van der Waals surface area contributed by atoms with Gasteiger partial charge in [-0.3, -0.25) is 5.32 Å². The van der Waals surface area contributed by atoms with Gasteiger partial charge in [0.25, 0.3) is 0 Å². The highest BCUT2D eigenvalue weighted by molar-refractivity contribution is 6.30. The zero-order chi connectivity index (χ0) is 19.5. The number of nitrogens with two attached hydrogens (primary N) is 1. The third-order valence-electron chi connectivity index (χ3n) is 4.45. The minimum Gasteiger partial charge on any atom is -0.495 e. The van der Waals surface area contributed by atoms with E-state index in [1.807, 2.05) is 48.5 Å². The normalized spacial score (nSPS) is 14.7. The summed E-state index contributed by atoms with van der Waals surface area (Å²) in [5, 5.41) is 10.8. The fourth-order valence-electron chi connectivity index (χ4n) is 3.00. The average molecular weight is 397 g/mol. The largest absolute Gasteiger partial charge is 0.495 e. The first-order valence-electron chi connectivity index (χ1n) is 8.87. The fourth-order valence-corrected chi connectivity index (χ4v) is 3.12. The van der Waals surface area contributed by atoms with Gasteiger partial charge >= 0.3 is 0 Å². The number of ether oxygens (including phenoxy) is 2. The Balaban J connectivity index is 1.32. The first-order valence-corrected chi connectivity index (χ1v) is 9.25. The molecule has 3 aromatic carbocycles. The van der Waals surface area contributed by atoms with Crippen LogP contribution in [0.15, 0.2) is 60.7 Å². The van der Waals surface area contributed by atoms with Crippen molar-refractivity contribution >= 4 is 28.7 Å². The lowest BCUT2D eigenvalue weighted by atomic mass is 10.2. The second-order valence-corrected chi connectivity index (χ2v) is 6.88. The maximum Gasteiger partial charge on any atom is 0.153 e. The number of halogens is 1. The molecule has 6 nitrogen and oxygen atoms in total. The molecule has 1 unspecified atom stereocenters. The van der Waals surface area contributed by atoms with Gasteiger partial charge in [0.05, 0.1) is 24.2 Å². The van der Waals surface area contributed by atoms with Crippen LogP contribution in [0, 0.1) is 0 Å². The quantitative estimate of drug-likeness (QED) is 0.455. The Morgan fingerprint density at radius 1 is 0.964 bits per heavy atom. The smallest absolute Gasteiger partial charge is 0.153 e. The summed E-state index contributed by atoms with van der Waals surface area (Å²) in [6, 6.07) is 19.0. The molecule has 4 rings (SSSR count). The molecule has 0 saturated carbocycles. The highest BCUT2D eigenvalue weighted by Gasteiger charge is 2.20. The molecule has 3 aromatic rings. The van der Waals surface area contributed by atoms with Crippen LogP contribution < -0.4 is 31.2 Å². The molecule has 1 aliphatic heterocycles. The number of nitrogen functional groups attached to an aromatic ring is 1. The lowest BCUT2D eigenvalue weighted by Crippen LogP contribution is -2.38. The first-order chi connectivity index (χ1) is 13.6. The summed E-state index contributed by atoms with van der Waals surface area (Å²) in [4.78, 5) is 0. The standard InChI is InChI=1S/C21H21ClN4O2/c1-27-20-11-19-18(10-17(20)23)25-21(26-19)24-12-13-2-6-15(7-3-13)28-16-8-4-14(22)5-9-16/h2-11,21,24-26H,12,23H2,1H3. The molecule has 0 bridgehead atoms. The molecule has 0 aliphatic carbocycles. The van der Waals surface area contributed by atoms with E-state index < -0.39 is 0 Å². The third kappa shape index (κ3) is 4.08. The number of benzene rings is 3. The number of hydrogen-bond acceptors (Lipinski definition) is 6. The van der Waals surface area contributed by atoms with Gasteiger partial charge in [0.1, 0.15) is 17.2 Å². The van der Waals surface area contributed by atoms with Crippen molar-refractivity contribution in [1.82, 2.24) is 5.32 Å². The Morgan fingerprint density at radius 2 is 1.57 bits per heavy atom. The van der Waals surface area contributed by atoms with E-state index >= 15 is 0 Å². The van der Waals surface area contributed by atoms with Crippen molar-refractivity contribution in [1.29, 1.82) is 0 Å². The van der Waals surface area contributed by atoms with Gasteiger partial charge in [-0.15, -0.1) is 0 Å². The Labute approximate surface area is 168 Å². The Bertz CT molecular complexity index is 961. The molecule has 1 heterocycles. The van der Waals surface area contributed by atoms with Crippen molar-refractivity contribution in [3.05, 3.63) is 71.2 Å². The van der Waals surface area contributed by atoms with Crippen molar-refractivity contribution < 1.29 is 9.47 Å². The van der Waals surface area contributed by atoms with Crippen LogP contribution >= 0.6 is 11.6 Å². The summed E-state index contributed by atoms with van der Waals surface area (Å²) < 4.78 is 11.1. The number of methoxy groups -OCH3 is 1. The summed E-state index contributed by atoms with van der Waals surface area (Å²) >= 11 is 5.89. The summed E-state index contributed by atoms with van der Waals surface area (Å²) in [6.07, 6.45) is -0.0912. The van der Waals surface area contributed by atoms with E-state index in [1.165, 1.54) is 0 Å². The highest BCUT2D eigenvalue weighted by atomic mass is 35.5. The predicted octanol–water partition coefficient (Wildman–Crippen LogP) is 4.63. The van der Waals surface area contributed by atoms with Crippen molar-refractivity contribution in [3.63, 3.8) is 0 Å². The van der Waals surface area contributed by atoms with E-state index in [0.29, 0.717) is 23.0 Å². The number of hydrogen-bond donors (Lipinski definition) is 4. The lowest BCUT2D eigenvalue weighted by Gasteiger charge is -2.14. The third-order valence-corrected chi connectivity index (χ3v) is 4.70. The molecule has 28 heavy (non-hydrogen) atoms. The molecule has 1 aliphatic rings. The van der Waals surface area contributed by atoms with E-state index in [1.54, 1.807) is 19.2 Å². The van der Waals surface area contributed by atoms with E-state index in [-0.39, 0.29) is 6.29 Å². The lowest BCUT2D eigenvalue weighted by molar-refractivity contribution is 0.417. The number of anilines is 3. The minimum absolute atomic E-state index is 0.0912. The minimum atomic E-state index is -0.0912. The van der Waals surface area contributed by atoms with Gasteiger partial charge in [-0.05, 0) is 48.0 Å². The van der Waals surface area contributed by atoms with Crippen LogP contribution in [0.2, 0.25) is 5.02 Å². The van der Waals surface area contributed by atoms with Gasteiger partial charge in [0.15, 0.2) is 6.29 Å². The van der Waals surface area contributed by atoms with E-state index in [9.17, 15) is 0 Å². The molecule has 7 heteroatoms. The maximum atomic E-state index is 5.96. The second kappa shape index (κ2) is 7.88. The molecule has 5 N–H and O–H groups in total. The SMILES string of the molecule is COc1cc2c(cc1N)NC(NCc1ccc(Oc3ccc(Cl)cc3)cc1)N2. The maximum absolute atomic E-state index is 5.96. The molecular formula is C21H21ClN4O2. The second-order valence-electron chi connectivity index (χ2n) is 6.44. The van der Waals surface area contributed by atoms with Crippen LogP contribution in [0.1, 0.15) is 5.56 Å². The summed E-state index contributed by atoms with van der Waals surface area (Å²) in [5.41, 5.74) is 9.60. The first kappa shape index (κ1) is 18.3. The molecule has 0 aromatic heterocycles. The van der Waals surface area contributed by atoms with E-state index in [0.717, 1.165) is 28.4 Å². The predicted molar refractivity (Wildman–Crippen MR) is 113 cm³/mol. The molecule has 1 atom stereocenters. The van der Waals surface area contributed by atoms with Crippen molar-refractivity contribution in [2.45, 2.75) is 12.8 Å². The van der Waals surface area contributed by atoms with Crippen molar-refractivity contribution in [2.75, 3.05) is 23.5 Å². The molecule has 0 amide bonds. The number of rotatable bonds is 6. The molecular weight excluding hydrogens is 376 g/mol. The molecule has 0 fully saturated rings. The van der Waals surface area contributed by atoms with Crippen LogP contribution in [-0.4, -0.2) is 13.4 Å². The molecule has 0 radical (unpaired) electrons. The summed E-state index contributed by atoms with van der Waals surface area (Å²) in [5.74, 6) is 2.19. The van der Waals surface area contributed by atoms with Crippen molar-refractivity contribution in [2.24, 2.45) is 0 Å². The molecule has 144 valence electrons. The fraction of sp³-hybridized carbons (Fsp3) is 0.143. The average Bonchev–Trinajstić information content (AvgIpc) is 3.10. The van der Waals surface area contributed by atoms with Crippen molar-refractivity contribution in [3.8, 4) is 17.2 Å². The van der Waals surface area contributed by atoms with Gasteiger partial charge in [-0.1, -0.05) is 23.7 Å². The zero-order valence-corrected chi connectivity index (χ0v) is 16.1. The molecule has 0 spiro atoms. The van der Waals surface area contributed by atoms with Crippen LogP contribution in [0.25, 0.3) is 0 Å². The zero-order valence-electron chi connectivity index (χ0n) is 15.3. The molecule has 0 saturated heterocycles. The van der Waals surface area contributed by atoms with Gasteiger partial charge in [0.2, 0.25) is 0 Å². The number of nitrogens with one attached hydrogen (secondary N) is 3. The van der Waals surface area contributed by atoms with Crippen LogP contribution in [0.3, 0.4) is 0 Å². The summed E-state index contributed by atoms with van der Waals surface area (Å²) in [7, 11) is 1.61. The van der Waals surface area contributed by atoms with Crippen LogP contribution in [0.4, 0.5) is 17.1 Å². The van der Waals surface area contributed by atoms with Gasteiger partial charge in [-0.25, -0.2) is 0 Å². The highest BCUT2D eigenvalue weighted by Crippen LogP contribution is 2.36. The van der Waals surface area contributed by atoms with Gasteiger partial charge in [0, 0.05) is 17.6 Å². The van der Waals surface area contributed by atoms with E-state index in [2.05, 4.69) is 16.0 Å². The monoisotopic (exact) mass is 396 g/mol. The van der Waals surface area contributed by atoms with Crippen LogP contribution in [0.5, 0.6) is 17.2 Å². The van der Waals surface area contributed by atoms with Gasteiger partial charge < -0.3 is 25.8 Å².